The molecule has 1 saturated heterocycles. The molecule has 0 atom stereocenters. The largest absolute Gasteiger partial charge is 0.381 e. The molecule has 24 heavy (non-hydrogen) atoms. The van der Waals surface area contributed by atoms with E-state index < -0.39 is 0 Å². The van der Waals surface area contributed by atoms with Gasteiger partial charge >= 0.3 is 0 Å². The summed E-state index contributed by atoms with van der Waals surface area (Å²) in [5.41, 5.74) is 2.16. The van der Waals surface area contributed by atoms with E-state index in [-0.39, 0.29) is 5.82 Å². The topological polar surface area (TPSA) is 33.6 Å². The molecule has 1 fully saturated rings. The van der Waals surface area contributed by atoms with Crippen LogP contribution >= 0.6 is 0 Å². The lowest BCUT2D eigenvalue weighted by Crippen LogP contribution is -2.31. The molecule has 0 spiro atoms. The lowest BCUT2D eigenvalue weighted by molar-refractivity contribution is 0.0822. The summed E-state index contributed by atoms with van der Waals surface area (Å²) in [5, 5.41) is 3.32. The Labute approximate surface area is 142 Å². The number of ether oxygens (including phenoxy) is 1. The molecule has 0 radical (unpaired) electrons. The molecule has 4 heteroatoms. The van der Waals surface area contributed by atoms with Gasteiger partial charge in [-0.25, -0.2) is 4.39 Å². The number of benzene rings is 2. The van der Waals surface area contributed by atoms with Gasteiger partial charge in [-0.2, -0.15) is 0 Å². The molecule has 0 amide bonds. The van der Waals surface area contributed by atoms with Crippen molar-refractivity contribution in [2.45, 2.75) is 12.8 Å². The van der Waals surface area contributed by atoms with E-state index in [2.05, 4.69) is 10.3 Å². The van der Waals surface area contributed by atoms with Crippen molar-refractivity contribution in [3.05, 3.63) is 60.4 Å². The normalized spacial score (nSPS) is 17.5. The van der Waals surface area contributed by atoms with Crippen molar-refractivity contribution < 1.29 is 9.13 Å². The van der Waals surface area contributed by atoms with Crippen LogP contribution in [0.2, 0.25) is 0 Å². The van der Waals surface area contributed by atoms with E-state index in [1.54, 1.807) is 12.1 Å². The first-order valence-electron chi connectivity index (χ1n) is 8.50. The number of amidine groups is 1. The van der Waals surface area contributed by atoms with Crippen LogP contribution in [0, 0.1) is 11.7 Å². The van der Waals surface area contributed by atoms with Gasteiger partial charge in [-0.15, -0.1) is 0 Å². The molecule has 3 nitrogen and oxygen atoms in total. The van der Waals surface area contributed by atoms with Crippen LogP contribution in [0.5, 0.6) is 0 Å². The maximum absolute atomic E-state index is 12.6. The van der Waals surface area contributed by atoms with E-state index in [1.807, 2.05) is 30.3 Å². The van der Waals surface area contributed by atoms with Gasteiger partial charge in [0.2, 0.25) is 0 Å². The van der Waals surface area contributed by atoms with Crippen molar-refractivity contribution in [1.29, 1.82) is 0 Å². The molecule has 2 aliphatic rings. The predicted octanol–water partition coefficient (Wildman–Crippen LogP) is 3.91. The zero-order valence-corrected chi connectivity index (χ0v) is 13.7. The minimum Gasteiger partial charge on any atom is -0.381 e. The predicted molar refractivity (Wildman–Crippen MR) is 95.7 cm³/mol. The zero-order chi connectivity index (χ0) is 16.6. The van der Waals surface area contributed by atoms with E-state index in [0.717, 1.165) is 50.3 Å². The summed E-state index contributed by atoms with van der Waals surface area (Å²) in [7, 11) is 0. The van der Waals surface area contributed by atoms with Crippen LogP contribution in [0.25, 0.3) is 11.1 Å². The highest BCUT2D eigenvalue weighted by Crippen LogP contribution is 2.18. The van der Waals surface area contributed by atoms with Gasteiger partial charge < -0.3 is 10.1 Å². The Kier molecular flexibility index (Phi) is 5.96. The average Bonchev–Trinajstić information content (AvgIpc) is 3.19. The number of rotatable bonds is 2. The van der Waals surface area contributed by atoms with Crippen LogP contribution < -0.4 is 5.32 Å². The molecule has 126 valence electrons. The Morgan fingerprint density at radius 1 is 0.917 bits per heavy atom. The molecule has 2 aliphatic heterocycles. The van der Waals surface area contributed by atoms with Gasteiger partial charge in [-0.1, -0.05) is 42.5 Å². The van der Waals surface area contributed by atoms with Crippen LogP contribution in [0.4, 0.5) is 4.39 Å². The second-order valence-electron chi connectivity index (χ2n) is 5.95. The van der Waals surface area contributed by atoms with Gasteiger partial charge in [-0.3, -0.25) is 4.99 Å². The lowest BCUT2D eigenvalue weighted by Gasteiger charge is -2.21. The molecule has 2 aromatic carbocycles. The molecule has 0 bridgehead atoms. The minimum atomic E-state index is -0.195. The van der Waals surface area contributed by atoms with Crippen molar-refractivity contribution in [2.24, 2.45) is 10.9 Å². The molecule has 1 N–H and O–H groups in total. The van der Waals surface area contributed by atoms with Crippen molar-refractivity contribution in [3.8, 4) is 11.1 Å². The van der Waals surface area contributed by atoms with Gasteiger partial charge in [0.15, 0.2) is 0 Å². The van der Waals surface area contributed by atoms with E-state index in [4.69, 9.17) is 4.74 Å². The number of nitrogens with zero attached hydrogens (tertiary/aromatic N) is 1. The van der Waals surface area contributed by atoms with Crippen LogP contribution in [0.15, 0.2) is 59.6 Å². The summed E-state index contributed by atoms with van der Waals surface area (Å²) >= 11 is 0. The first-order valence-corrected chi connectivity index (χ1v) is 8.50. The van der Waals surface area contributed by atoms with Gasteiger partial charge in [0, 0.05) is 25.7 Å². The van der Waals surface area contributed by atoms with E-state index >= 15 is 0 Å². The van der Waals surface area contributed by atoms with Gasteiger partial charge in [0.05, 0.1) is 12.4 Å². The second-order valence-corrected chi connectivity index (χ2v) is 5.95. The third-order valence-electron chi connectivity index (χ3n) is 4.26. The number of hydrogen-bond acceptors (Lipinski definition) is 3. The first-order chi connectivity index (χ1) is 11.8. The van der Waals surface area contributed by atoms with E-state index in [9.17, 15) is 4.39 Å². The van der Waals surface area contributed by atoms with Crippen molar-refractivity contribution in [1.82, 2.24) is 5.32 Å². The number of hydrogen-bond donors (Lipinski definition) is 1. The SMILES string of the molecule is C1CNC(C2CCOCC2)=N1.Fc1ccc(-c2ccccc2)cc1. The third kappa shape index (κ3) is 4.65. The standard InChI is InChI=1S/C12H9F.C8H14N2O/c13-12-8-6-11(7-9-12)10-4-2-1-3-5-10;1-5-11-6-2-7(1)8-9-3-4-10-8/h1-9H;7H,1-6H2,(H,9,10). The molecule has 0 saturated carbocycles. The van der Waals surface area contributed by atoms with Crippen molar-refractivity contribution >= 4 is 5.84 Å². The molecule has 0 aliphatic carbocycles. The Morgan fingerprint density at radius 2 is 1.58 bits per heavy atom. The van der Waals surface area contributed by atoms with Crippen LogP contribution in [-0.2, 0) is 4.74 Å². The van der Waals surface area contributed by atoms with Crippen molar-refractivity contribution in [3.63, 3.8) is 0 Å². The minimum absolute atomic E-state index is 0.195. The third-order valence-corrected chi connectivity index (χ3v) is 4.26. The molecule has 0 unspecified atom stereocenters. The smallest absolute Gasteiger partial charge is 0.123 e. The first kappa shape index (κ1) is 16.7. The van der Waals surface area contributed by atoms with E-state index in [1.165, 1.54) is 18.0 Å². The summed E-state index contributed by atoms with van der Waals surface area (Å²) in [6.07, 6.45) is 2.29. The molecule has 2 aromatic rings. The second kappa shape index (κ2) is 8.60. The number of nitrogens with one attached hydrogen (secondary N) is 1. The highest BCUT2D eigenvalue weighted by atomic mass is 19.1. The summed E-state index contributed by atoms with van der Waals surface area (Å²) in [6, 6.07) is 16.4. The lowest BCUT2D eigenvalue weighted by atomic mass is 9.99. The maximum Gasteiger partial charge on any atom is 0.123 e. The Bertz CT molecular complexity index is 649. The molecular formula is C20H23FN2O. The number of aliphatic imine (C=N–C) groups is 1. The summed E-state index contributed by atoms with van der Waals surface area (Å²) in [6.45, 7) is 3.82. The average molecular weight is 326 g/mol. The maximum atomic E-state index is 12.6. The highest BCUT2D eigenvalue weighted by molar-refractivity contribution is 5.85. The number of halogens is 1. The Morgan fingerprint density at radius 3 is 2.21 bits per heavy atom. The summed E-state index contributed by atoms with van der Waals surface area (Å²) in [4.78, 5) is 4.41. The zero-order valence-electron chi connectivity index (χ0n) is 13.7. The van der Waals surface area contributed by atoms with Crippen molar-refractivity contribution in [2.75, 3.05) is 26.3 Å². The fraction of sp³-hybridized carbons (Fsp3) is 0.350. The summed E-state index contributed by atoms with van der Waals surface area (Å²) < 4.78 is 17.9. The fourth-order valence-electron chi connectivity index (χ4n) is 2.93. The Balaban J connectivity index is 0.000000143. The molecular weight excluding hydrogens is 303 g/mol. The van der Waals surface area contributed by atoms with Gasteiger partial charge in [-0.05, 0) is 36.1 Å². The Hall–Kier alpha value is -2.20. The van der Waals surface area contributed by atoms with Crippen LogP contribution in [0.3, 0.4) is 0 Å². The van der Waals surface area contributed by atoms with Gasteiger partial charge in [0.1, 0.15) is 5.82 Å². The van der Waals surface area contributed by atoms with Crippen LogP contribution in [-0.4, -0.2) is 32.1 Å². The molecule has 0 aromatic heterocycles. The van der Waals surface area contributed by atoms with Crippen LogP contribution in [0.1, 0.15) is 12.8 Å². The quantitative estimate of drug-likeness (QED) is 0.908. The molecule has 2 heterocycles. The highest BCUT2D eigenvalue weighted by Gasteiger charge is 2.20. The summed E-state index contributed by atoms with van der Waals surface area (Å²) in [5.74, 6) is 1.69. The fourth-order valence-corrected chi connectivity index (χ4v) is 2.93. The van der Waals surface area contributed by atoms with Gasteiger partial charge in [0.25, 0.3) is 0 Å². The van der Waals surface area contributed by atoms with E-state index in [0.29, 0.717) is 5.92 Å². The monoisotopic (exact) mass is 326 g/mol. The molecule has 4 rings (SSSR count).